The number of aromatic nitrogens is 4. The zero-order valence-corrected chi connectivity index (χ0v) is 11.1. The van der Waals surface area contributed by atoms with Crippen molar-refractivity contribution in [3.63, 3.8) is 0 Å². The summed E-state index contributed by atoms with van der Waals surface area (Å²) in [6.07, 6.45) is 10.7. The molecule has 2 aromatic heterocycles. The fourth-order valence-corrected chi connectivity index (χ4v) is 2.69. The van der Waals surface area contributed by atoms with Crippen molar-refractivity contribution in [3.05, 3.63) is 47.3 Å². The topological polar surface area (TPSA) is 72.7 Å². The molecule has 0 spiro atoms. The Kier molecular flexibility index (Phi) is 3.71. The minimum atomic E-state index is -0.0159. The van der Waals surface area contributed by atoms with E-state index in [0.29, 0.717) is 6.04 Å². The van der Waals surface area contributed by atoms with Gasteiger partial charge in [0.2, 0.25) is 0 Å². The molecule has 3 rings (SSSR count). The van der Waals surface area contributed by atoms with Gasteiger partial charge in [0.05, 0.1) is 12.2 Å². The van der Waals surface area contributed by atoms with Crippen LogP contribution in [0, 0.1) is 0 Å². The Bertz CT molecular complexity index is 604. The zero-order chi connectivity index (χ0) is 13.8. The Labute approximate surface area is 116 Å². The van der Waals surface area contributed by atoms with Gasteiger partial charge in [-0.15, -0.1) is 0 Å². The smallest absolute Gasteiger partial charge is 0.266 e. The van der Waals surface area contributed by atoms with Crippen molar-refractivity contribution in [2.45, 2.75) is 37.8 Å². The van der Waals surface area contributed by atoms with Gasteiger partial charge < -0.3 is 5.32 Å². The van der Waals surface area contributed by atoms with Crippen molar-refractivity contribution in [1.82, 2.24) is 19.7 Å². The molecule has 1 aliphatic carbocycles. The lowest BCUT2D eigenvalue weighted by atomic mass is 9.91. The summed E-state index contributed by atoms with van der Waals surface area (Å²) in [6, 6.07) is 3.85. The number of nitrogens with zero attached hydrogens (tertiary/aromatic N) is 4. The first-order chi connectivity index (χ1) is 9.83. The van der Waals surface area contributed by atoms with Gasteiger partial charge in [0.15, 0.2) is 0 Å². The van der Waals surface area contributed by atoms with Crippen molar-refractivity contribution in [1.29, 1.82) is 0 Å². The Morgan fingerprint density at radius 2 is 2.00 bits per heavy atom. The van der Waals surface area contributed by atoms with E-state index >= 15 is 0 Å². The third-order valence-electron chi connectivity index (χ3n) is 3.70. The summed E-state index contributed by atoms with van der Waals surface area (Å²) in [6.45, 7) is 0. The van der Waals surface area contributed by atoms with Gasteiger partial charge in [-0.1, -0.05) is 0 Å². The molecule has 0 bridgehead atoms. The maximum absolute atomic E-state index is 11.8. The van der Waals surface area contributed by atoms with Gasteiger partial charge in [-0.3, -0.25) is 9.78 Å². The van der Waals surface area contributed by atoms with E-state index in [0.717, 1.165) is 31.5 Å². The highest BCUT2D eigenvalue weighted by Gasteiger charge is 2.23. The first-order valence-corrected chi connectivity index (χ1v) is 6.89. The van der Waals surface area contributed by atoms with Gasteiger partial charge in [0.25, 0.3) is 5.56 Å². The van der Waals surface area contributed by atoms with E-state index in [4.69, 9.17) is 0 Å². The van der Waals surface area contributed by atoms with Gasteiger partial charge in [0, 0.05) is 30.7 Å². The largest absolute Gasteiger partial charge is 0.366 e. The van der Waals surface area contributed by atoms with Crippen LogP contribution in [0.15, 0.2) is 41.7 Å². The molecule has 0 aromatic carbocycles. The van der Waals surface area contributed by atoms with Crippen molar-refractivity contribution >= 4 is 5.82 Å². The third-order valence-corrected chi connectivity index (χ3v) is 3.70. The molecule has 1 aliphatic rings. The highest BCUT2D eigenvalue weighted by molar-refractivity contribution is 5.31. The minimum absolute atomic E-state index is 0.0159. The van der Waals surface area contributed by atoms with Crippen molar-refractivity contribution in [3.8, 4) is 0 Å². The number of rotatable bonds is 3. The van der Waals surface area contributed by atoms with Crippen molar-refractivity contribution in [2.24, 2.45) is 0 Å². The molecule has 0 saturated heterocycles. The second-order valence-electron chi connectivity index (χ2n) is 5.05. The summed E-state index contributed by atoms with van der Waals surface area (Å²) < 4.78 is 1.61. The van der Waals surface area contributed by atoms with Crippen molar-refractivity contribution in [2.75, 3.05) is 5.32 Å². The summed E-state index contributed by atoms with van der Waals surface area (Å²) in [5, 5.41) is 7.56. The van der Waals surface area contributed by atoms with E-state index in [1.807, 2.05) is 0 Å². The van der Waals surface area contributed by atoms with Crippen LogP contribution < -0.4 is 10.9 Å². The van der Waals surface area contributed by atoms with Crippen LogP contribution in [0.5, 0.6) is 0 Å². The van der Waals surface area contributed by atoms with Gasteiger partial charge in [0.1, 0.15) is 5.82 Å². The van der Waals surface area contributed by atoms with Crippen LogP contribution in [0.1, 0.15) is 31.7 Å². The van der Waals surface area contributed by atoms with Crippen LogP contribution in [0.3, 0.4) is 0 Å². The first-order valence-electron chi connectivity index (χ1n) is 6.89. The summed E-state index contributed by atoms with van der Waals surface area (Å²) in [7, 11) is 0. The maximum atomic E-state index is 11.8. The lowest BCUT2D eigenvalue weighted by molar-refractivity contribution is 0.303. The lowest BCUT2D eigenvalue weighted by Gasteiger charge is -2.29. The molecular formula is C14H17N5O. The number of hydrogen-bond donors (Lipinski definition) is 1. The molecule has 0 radical (unpaired) electrons. The Balaban J connectivity index is 1.60. The van der Waals surface area contributed by atoms with Crippen LogP contribution in [0.4, 0.5) is 5.82 Å². The highest BCUT2D eigenvalue weighted by Crippen LogP contribution is 2.28. The predicted molar refractivity (Wildman–Crippen MR) is 75.4 cm³/mol. The second kappa shape index (κ2) is 5.81. The van der Waals surface area contributed by atoms with Gasteiger partial charge in [-0.2, -0.15) is 5.10 Å². The molecule has 6 heteroatoms. The molecular weight excluding hydrogens is 254 g/mol. The molecule has 104 valence electrons. The Morgan fingerprint density at radius 3 is 2.70 bits per heavy atom. The van der Waals surface area contributed by atoms with E-state index in [2.05, 4.69) is 20.4 Å². The standard InChI is InChI=1S/C14H17N5O/c20-14-2-1-7-17-19(14)12-5-3-11(4-6-12)18-13-10-15-8-9-16-13/h1-2,7-12H,3-6H2,(H,16,18). The van der Waals surface area contributed by atoms with E-state index in [1.54, 1.807) is 41.6 Å². The average molecular weight is 271 g/mol. The molecule has 0 amide bonds. The maximum Gasteiger partial charge on any atom is 0.266 e. The van der Waals surface area contributed by atoms with Crippen LogP contribution in [-0.2, 0) is 0 Å². The first kappa shape index (κ1) is 12.8. The molecule has 0 atom stereocenters. The molecule has 1 N–H and O–H groups in total. The zero-order valence-electron chi connectivity index (χ0n) is 11.1. The molecule has 1 saturated carbocycles. The highest BCUT2D eigenvalue weighted by atomic mass is 16.1. The predicted octanol–water partition coefficient (Wildman–Crippen LogP) is 1.63. The summed E-state index contributed by atoms with van der Waals surface area (Å²) >= 11 is 0. The number of nitrogens with one attached hydrogen (secondary N) is 1. The minimum Gasteiger partial charge on any atom is -0.366 e. The fourth-order valence-electron chi connectivity index (χ4n) is 2.69. The van der Waals surface area contributed by atoms with Gasteiger partial charge in [-0.25, -0.2) is 9.67 Å². The molecule has 20 heavy (non-hydrogen) atoms. The lowest BCUT2D eigenvalue weighted by Crippen LogP contribution is -2.33. The van der Waals surface area contributed by atoms with Crippen LogP contribution in [-0.4, -0.2) is 25.8 Å². The normalized spacial score (nSPS) is 22.4. The van der Waals surface area contributed by atoms with E-state index < -0.39 is 0 Å². The van der Waals surface area contributed by atoms with Gasteiger partial charge >= 0.3 is 0 Å². The van der Waals surface area contributed by atoms with E-state index in [-0.39, 0.29) is 11.6 Å². The SMILES string of the molecule is O=c1cccnn1C1CCC(Nc2cnccn2)CC1. The monoisotopic (exact) mass is 271 g/mol. The molecule has 6 nitrogen and oxygen atoms in total. The summed E-state index contributed by atoms with van der Waals surface area (Å²) in [5.74, 6) is 0.811. The van der Waals surface area contributed by atoms with Gasteiger partial charge in [-0.05, 0) is 31.7 Å². The third kappa shape index (κ3) is 2.84. The number of anilines is 1. The second-order valence-corrected chi connectivity index (χ2v) is 5.05. The van der Waals surface area contributed by atoms with Crippen LogP contribution in [0.2, 0.25) is 0 Å². The van der Waals surface area contributed by atoms with Crippen LogP contribution >= 0.6 is 0 Å². The molecule has 0 unspecified atom stereocenters. The quantitative estimate of drug-likeness (QED) is 0.918. The molecule has 2 aromatic rings. The van der Waals surface area contributed by atoms with E-state index in [9.17, 15) is 4.79 Å². The number of hydrogen-bond acceptors (Lipinski definition) is 5. The molecule has 2 heterocycles. The summed E-state index contributed by atoms with van der Waals surface area (Å²) in [4.78, 5) is 20.0. The Morgan fingerprint density at radius 1 is 1.15 bits per heavy atom. The molecule has 0 aliphatic heterocycles. The fraction of sp³-hybridized carbons (Fsp3) is 0.429. The molecule has 1 fully saturated rings. The van der Waals surface area contributed by atoms with E-state index in [1.165, 1.54) is 0 Å². The average Bonchev–Trinajstić information content (AvgIpc) is 2.50. The van der Waals surface area contributed by atoms with Crippen molar-refractivity contribution < 1.29 is 0 Å². The Hall–Kier alpha value is -2.24. The van der Waals surface area contributed by atoms with Crippen LogP contribution in [0.25, 0.3) is 0 Å². The summed E-state index contributed by atoms with van der Waals surface area (Å²) in [5.41, 5.74) is -0.0159.